The van der Waals surface area contributed by atoms with E-state index < -0.39 is 0 Å². The average Bonchev–Trinajstić information content (AvgIpc) is 3.09. The lowest BCUT2D eigenvalue weighted by Crippen LogP contribution is -2.10. The standard InChI is InChI=1S/C16H22O/c1-16(2,3)14-9-4-12(5-10-14)6-11-15(17)13-7-8-13/h4-6,9-11,13,15,17H,7-8H2,1-3H3/b11-6+. The summed E-state index contributed by atoms with van der Waals surface area (Å²) in [6.07, 6.45) is 6.04. The van der Waals surface area contributed by atoms with Crippen LogP contribution >= 0.6 is 0 Å². The van der Waals surface area contributed by atoms with Gasteiger partial charge in [-0.05, 0) is 35.3 Å². The van der Waals surface area contributed by atoms with Gasteiger partial charge in [-0.3, -0.25) is 0 Å². The molecule has 0 aromatic heterocycles. The molecule has 1 saturated carbocycles. The van der Waals surface area contributed by atoms with Gasteiger partial charge in [0.25, 0.3) is 0 Å². The quantitative estimate of drug-likeness (QED) is 0.838. The third-order valence-electron chi connectivity index (χ3n) is 3.37. The van der Waals surface area contributed by atoms with Gasteiger partial charge in [-0.1, -0.05) is 57.2 Å². The molecule has 1 fully saturated rings. The van der Waals surface area contributed by atoms with Crippen LogP contribution in [0, 0.1) is 5.92 Å². The fourth-order valence-electron chi connectivity index (χ4n) is 1.90. The number of aliphatic hydroxyl groups excluding tert-OH is 1. The zero-order valence-corrected chi connectivity index (χ0v) is 11.0. The molecule has 1 aliphatic carbocycles. The van der Waals surface area contributed by atoms with Crippen LogP contribution in [0.5, 0.6) is 0 Å². The first-order valence-corrected chi connectivity index (χ1v) is 6.43. The SMILES string of the molecule is CC(C)(C)c1ccc(/C=C/C(O)C2CC2)cc1. The van der Waals surface area contributed by atoms with Crippen LogP contribution in [-0.2, 0) is 5.41 Å². The lowest BCUT2D eigenvalue weighted by Gasteiger charge is -2.18. The normalized spacial score (nSPS) is 18.6. The van der Waals surface area contributed by atoms with Crippen LogP contribution in [0.15, 0.2) is 30.3 Å². The predicted molar refractivity (Wildman–Crippen MR) is 72.9 cm³/mol. The third kappa shape index (κ3) is 3.44. The van der Waals surface area contributed by atoms with E-state index in [0.717, 1.165) is 5.56 Å². The molecule has 0 heterocycles. The Labute approximate surface area is 104 Å². The van der Waals surface area contributed by atoms with E-state index in [2.05, 4.69) is 45.0 Å². The number of rotatable bonds is 3. The van der Waals surface area contributed by atoms with Crippen LogP contribution in [0.3, 0.4) is 0 Å². The topological polar surface area (TPSA) is 20.2 Å². The summed E-state index contributed by atoms with van der Waals surface area (Å²) < 4.78 is 0. The van der Waals surface area contributed by atoms with Crippen molar-refractivity contribution in [1.29, 1.82) is 0 Å². The van der Waals surface area contributed by atoms with E-state index in [1.807, 2.05) is 12.2 Å². The van der Waals surface area contributed by atoms with Crippen molar-refractivity contribution in [1.82, 2.24) is 0 Å². The molecule has 0 aliphatic heterocycles. The molecule has 1 N–H and O–H groups in total. The summed E-state index contributed by atoms with van der Waals surface area (Å²) in [5, 5.41) is 9.75. The van der Waals surface area contributed by atoms with Gasteiger partial charge in [0.1, 0.15) is 0 Å². The Hall–Kier alpha value is -1.08. The number of hydrogen-bond acceptors (Lipinski definition) is 1. The van der Waals surface area contributed by atoms with Gasteiger partial charge in [0, 0.05) is 0 Å². The second kappa shape index (κ2) is 4.66. The average molecular weight is 230 g/mol. The summed E-state index contributed by atoms with van der Waals surface area (Å²) in [5.41, 5.74) is 2.71. The minimum atomic E-state index is -0.253. The van der Waals surface area contributed by atoms with Gasteiger partial charge >= 0.3 is 0 Å². The van der Waals surface area contributed by atoms with Gasteiger partial charge in [-0.25, -0.2) is 0 Å². The molecule has 17 heavy (non-hydrogen) atoms. The monoisotopic (exact) mass is 230 g/mol. The highest BCUT2D eigenvalue weighted by molar-refractivity contribution is 5.50. The maximum Gasteiger partial charge on any atom is 0.0752 e. The molecule has 1 aromatic carbocycles. The van der Waals surface area contributed by atoms with Gasteiger partial charge in [0.2, 0.25) is 0 Å². The Balaban J connectivity index is 2.02. The molecule has 1 aliphatic rings. The van der Waals surface area contributed by atoms with Crippen molar-refractivity contribution < 1.29 is 5.11 Å². The second-order valence-electron chi connectivity index (χ2n) is 6.06. The summed E-state index contributed by atoms with van der Waals surface area (Å²) in [4.78, 5) is 0. The Morgan fingerprint density at radius 1 is 1.18 bits per heavy atom. The minimum Gasteiger partial charge on any atom is -0.389 e. The largest absolute Gasteiger partial charge is 0.389 e. The van der Waals surface area contributed by atoms with Crippen molar-refractivity contribution in [3.05, 3.63) is 41.5 Å². The molecule has 1 aromatic rings. The van der Waals surface area contributed by atoms with Crippen LogP contribution in [-0.4, -0.2) is 11.2 Å². The Bertz CT molecular complexity index is 391. The van der Waals surface area contributed by atoms with E-state index in [4.69, 9.17) is 0 Å². The summed E-state index contributed by atoms with van der Waals surface area (Å²) in [7, 11) is 0. The zero-order chi connectivity index (χ0) is 12.5. The minimum absolute atomic E-state index is 0.204. The van der Waals surface area contributed by atoms with E-state index in [1.165, 1.54) is 18.4 Å². The molecule has 0 radical (unpaired) electrons. The van der Waals surface area contributed by atoms with E-state index >= 15 is 0 Å². The summed E-state index contributed by atoms with van der Waals surface area (Å²) >= 11 is 0. The van der Waals surface area contributed by atoms with Gasteiger partial charge in [-0.15, -0.1) is 0 Å². The van der Waals surface area contributed by atoms with Crippen molar-refractivity contribution in [3.63, 3.8) is 0 Å². The highest BCUT2D eigenvalue weighted by atomic mass is 16.3. The van der Waals surface area contributed by atoms with Crippen LogP contribution in [0.1, 0.15) is 44.7 Å². The van der Waals surface area contributed by atoms with E-state index in [1.54, 1.807) is 0 Å². The molecular formula is C16H22O. The third-order valence-corrected chi connectivity index (χ3v) is 3.37. The van der Waals surface area contributed by atoms with E-state index in [9.17, 15) is 5.11 Å². The molecule has 1 heteroatoms. The highest BCUT2D eigenvalue weighted by Crippen LogP contribution is 2.33. The fourth-order valence-corrected chi connectivity index (χ4v) is 1.90. The Morgan fingerprint density at radius 3 is 2.24 bits per heavy atom. The Morgan fingerprint density at radius 2 is 1.76 bits per heavy atom. The molecule has 1 nitrogen and oxygen atoms in total. The molecule has 2 rings (SSSR count). The van der Waals surface area contributed by atoms with Gasteiger partial charge in [0.05, 0.1) is 6.10 Å². The maximum atomic E-state index is 9.75. The molecule has 1 unspecified atom stereocenters. The molecule has 1 atom stereocenters. The van der Waals surface area contributed by atoms with Gasteiger partial charge < -0.3 is 5.11 Å². The van der Waals surface area contributed by atoms with E-state index in [0.29, 0.717) is 5.92 Å². The second-order valence-corrected chi connectivity index (χ2v) is 6.06. The van der Waals surface area contributed by atoms with Crippen LogP contribution in [0.4, 0.5) is 0 Å². The molecule has 0 spiro atoms. The van der Waals surface area contributed by atoms with Crippen LogP contribution in [0.25, 0.3) is 6.08 Å². The first-order chi connectivity index (χ1) is 7.97. The summed E-state index contributed by atoms with van der Waals surface area (Å²) in [5.74, 6) is 0.514. The van der Waals surface area contributed by atoms with Crippen molar-refractivity contribution in [2.24, 2.45) is 5.92 Å². The molecule has 92 valence electrons. The van der Waals surface area contributed by atoms with Crippen LogP contribution < -0.4 is 0 Å². The van der Waals surface area contributed by atoms with E-state index in [-0.39, 0.29) is 11.5 Å². The van der Waals surface area contributed by atoms with Crippen molar-refractivity contribution in [2.75, 3.05) is 0 Å². The predicted octanol–water partition coefficient (Wildman–Crippen LogP) is 3.77. The highest BCUT2D eigenvalue weighted by Gasteiger charge is 2.27. The zero-order valence-electron chi connectivity index (χ0n) is 11.0. The Kier molecular flexibility index (Phi) is 3.39. The molecule has 0 amide bonds. The van der Waals surface area contributed by atoms with Gasteiger partial charge in [-0.2, -0.15) is 0 Å². The lowest BCUT2D eigenvalue weighted by atomic mass is 9.87. The van der Waals surface area contributed by atoms with Gasteiger partial charge in [0.15, 0.2) is 0 Å². The van der Waals surface area contributed by atoms with Crippen molar-refractivity contribution in [3.8, 4) is 0 Å². The first kappa shape index (κ1) is 12.4. The van der Waals surface area contributed by atoms with Crippen molar-refractivity contribution in [2.45, 2.75) is 45.1 Å². The van der Waals surface area contributed by atoms with Crippen LogP contribution in [0.2, 0.25) is 0 Å². The summed E-state index contributed by atoms with van der Waals surface area (Å²) in [6.45, 7) is 6.65. The number of hydrogen-bond donors (Lipinski definition) is 1. The fraction of sp³-hybridized carbons (Fsp3) is 0.500. The molecule has 0 bridgehead atoms. The molecule has 0 saturated heterocycles. The number of benzene rings is 1. The molecular weight excluding hydrogens is 208 g/mol. The lowest BCUT2D eigenvalue weighted by molar-refractivity contribution is 0.200. The number of aliphatic hydroxyl groups is 1. The first-order valence-electron chi connectivity index (χ1n) is 6.43. The van der Waals surface area contributed by atoms with Crippen molar-refractivity contribution >= 4 is 6.08 Å². The smallest absolute Gasteiger partial charge is 0.0752 e. The maximum absolute atomic E-state index is 9.75. The summed E-state index contributed by atoms with van der Waals surface area (Å²) in [6, 6.07) is 8.58.